The smallest absolute Gasteiger partial charge is 0.160 e. The summed E-state index contributed by atoms with van der Waals surface area (Å²) in [4.78, 5) is 15.4. The Balaban J connectivity index is 0.000000752. The minimum atomic E-state index is 0.713. The van der Waals surface area contributed by atoms with Gasteiger partial charge in [-0.15, -0.1) is 6.58 Å². The van der Waals surface area contributed by atoms with E-state index < -0.39 is 0 Å². The Morgan fingerprint density at radius 2 is 1.00 bits per heavy atom. The number of rotatable bonds is 6. The third kappa shape index (κ3) is 7.68. The Labute approximate surface area is 366 Å². The first-order valence-corrected chi connectivity index (χ1v) is 22.6. The third-order valence-corrected chi connectivity index (χ3v) is 13.4. The van der Waals surface area contributed by atoms with E-state index in [4.69, 9.17) is 9.97 Å². The molecule has 0 atom stereocenters. The van der Waals surface area contributed by atoms with Gasteiger partial charge in [0.25, 0.3) is 0 Å². The molecule has 0 radical (unpaired) electrons. The first-order chi connectivity index (χ1) is 30.2. The molecule has 0 saturated carbocycles. The minimum absolute atomic E-state index is 0.713. The van der Waals surface area contributed by atoms with Crippen LogP contribution in [0.5, 0.6) is 0 Å². The number of nitrogens with zero attached hydrogens (tertiary/aromatic N) is 3. The predicted octanol–water partition coefficient (Wildman–Crippen LogP) is 16.6. The molecule has 0 unspecified atom stereocenters. The van der Waals surface area contributed by atoms with Crippen LogP contribution in [0.15, 0.2) is 220 Å². The molecule has 5 heteroatoms. The maximum absolute atomic E-state index is 5.12. The van der Waals surface area contributed by atoms with E-state index in [0.717, 1.165) is 51.3 Å². The van der Waals surface area contributed by atoms with E-state index in [9.17, 15) is 0 Å². The molecule has 10 aromatic rings. The summed E-state index contributed by atoms with van der Waals surface area (Å²) < 4.78 is 2.49. The topological polar surface area (TPSA) is 30.7 Å². The molecule has 2 aromatic heterocycles. The number of aromatic nitrogens is 3. The van der Waals surface area contributed by atoms with E-state index in [2.05, 4.69) is 182 Å². The van der Waals surface area contributed by atoms with Crippen LogP contribution in [-0.2, 0) is 0 Å². The Morgan fingerprint density at radius 3 is 1.69 bits per heavy atom. The summed E-state index contributed by atoms with van der Waals surface area (Å²) >= 11 is 3.79. The van der Waals surface area contributed by atoms with Crippen LogP contribution in [0.4, 0.5) is 0 Å². The molecule has 3 nitrogen and oxygen atoms in total. The molecule has 0 aliphatic carbocycles. The zero-order valence-electron chi connectivity index (χ0n) is 34.5. The van der Waals surface area contributed by atoms with Crippen molar-refractivity contribution in [3.05, 3.63) is 201 Å². The van der Waals surface area contributed by atoms with Crippen LogP contribution in [-0.4, -0.2) is 14.5 Å². The van der Waals surface area contributed by atoms with Crippen LogP contribution < -0.4 is 0 Å². The van der Waals surface area contributed by atoms with Gasteiger partial charge in [0.05, 0.1) is 27.3 Å². The fourth-order valence-electron chi connectivity index (χ4n) is 7.91. The van der Waals surface area contributed by atoms with Crippen LogP contribution in [0.3, 0.4) is 0 Å². The van der Waals surface area contributed by atoms with E-state index in [1.54, 1.807) is 0 Å². The lowest BCUT2D eigenvalue weighted by Gasteiger charge is -2.22. The molecule has 0 spiro atoms. The summed E-state index contributed by atoms with van der Waals surface area (Å²) in [5.41, 5.74) is 10.8. The molecule has 0 amide bonds. The molecule has 8 aromatic carbocycles. The van der Waals surface area contributed by atoms with Gasteiger partial charge < -0.3 is 4.57 Å². The van der Waals surface area contributed by atoms with Gasteiger partial charge in [-0.1, -0.05) is 196 Å². The van der Waals surface area contributed by atoms with Crippen molar-refractivity contribution in [3.8, 4) is 50.7 Å². The zero-order chi connectivity index (χ0) is 41.7. The Hall–Kier alpha value is -6.66. The van der Waals surface area contributed by atoms with Gasteiger partial charge in [-0.05, 0) is 70.8 Å². The summed E-state index contributed by atoms with van der Waals surface area (Å²) in [5, 5.41) is 5.16. The van der Waals surface area contributed by atoms with Crippen molar-refractivity contribution in [1.82, 2.24) is 14.5 Å². The largest absolute Gasteiger partial charge is 0.308 e. The normalized spacial score (nSPS) is 11.5. The molecule has 0 saturated heterocycles. The van der Waals surface area contributed by atoms with E-state index in [1.165, 1.54) is 52.2 Å². The van der Waals surface area contributed by atoms with Crippen LogP contribution in [0.1, 0.15) is 27.2 Å². The van der Waals surface area contributed by atoms with Gasteiger partial charge in [0.2, 0.25) is 0 Å². The molecule has 1 aliphatic rings. The van der Waals surface area contributed by atoms with Crippen LogP contribution in [0.25, 0.3) is 83.3 Å². The monoisotopic (exact) mass is 823 g/mol. The molecule has 61 heavy (non-hydrogen) atoms. The van der Waals surface area contributed by atoms with Gasteiger partial charge in [0.15, 0.2) is 5.82 Å². The fourth-order valence-corrected chi connectivity index (χ4v) is 10.5. The van der Waals surface area contributed by atoms with Crippen molar-refractivity contribution in [2.45, 2.75) is 46.8 Å². The van der Waals surface area contributed by atoms with E-state index in [-0.39, 0.29) is 0 Å². The Kier molecular flexibility index (Phi) is 11.7. The molecule has 0 N–H and O–H groups in total. The quantitative estimate of drug-likeness (QED) is 0.156. The predicted molar refractivity (Wildman–Crippen MR) is 262 cm³/mol. The molecular weight excluding hydrogens is 779 g/mol. The molecule has 11 rings (SSSR count). The molecule has 3 heterocycles. The van der Waals surface area contributed by atoms with Crippen LogP contribution in [0, 0.1) is 0 Å². The van der Waals surface area contributed by atoms with Gasteiger partial charge in [-0.3, -0.25) is 0 Å². The standard InChI is InChI=1S/C50H31N3S2.C4H8.C2H6/c1-3-15-32(16-4-1)41-31-42(52-50(51-41)33-17-5-2-6-18-33)36-21-13-19-34(29-36)35-20-14-22-37(30-35)53-43-26-10-9-25-40(43)46-38-23-7-8-24-39(38)48-49(47(46)53)55-45-28-12-11-27-44(45)54-48;1-3-4-2;1-2/h1-31H;3H,1,4H2,2H3;1-2H3. The molecule has 296 valence electrons. The first kappa shape index (κ1) is 39.8. The second-order valence-electron chi connectivity index (χ2n) is 14.5. The average Bonchev–Trinajstić information content (AvgIpc) is 3.70. The second-order valence-corrected chi connectivity index (χ2v) is 16.6. The highest BCUT2D eigenvalue weighted by Crippen LogP contribution is 2.55. The summed E-state index contributed by atoms with van der Waals surface area (Å²) in [6.07, 6.45) is 2.96. The number of allylic oxidation sites excluding steroid dienone is 1. The maximum Gasteiger partial charge on any atom is 0.160 e. The number of fused-ring (bicyclic) bond motifs is 9. The summed E-state index contributed by atoms with van der Waals surface area (Å²) in [5.74, 6) is 0.713. The molecule has 0 fully saturated rings. The van der Waals surface area contributed by atoms with E-state index >= 15 is 0 Å². The Morgan fingerprint density at radius 1 is 0.492 bits per heavy atom. The average molecular weight is 824 g/mol. The molecule has 1 aliphatic heterocycles. The van der Waals surface area contributed by atoms with Crippen molar-refractivity contribution in [3.63, 3.8) is 0 Å². The van der Waals surface area contributed by atoms with Crippen molar-refractivity contribution in [1.29, 1.82) is 0 Å². The number of hydrogen-bond acceptors (Lipinski definition) is 4. The summed E-state index contributed by atoms with van der Waals surface area (Å²) in [7, 11) is 0. The lowest BCUT2D eigenvalue weighted by molar-refractivity contribution is 1.12. The highest BCUT2D eigenvalue weighted by atomic mass is 32.2. The highest BCUT2D eigenvalue weighted by molar-refractivity contribution is 8.05. The van der Waals surface area contributed by atoms with Gasteiger partial charge in [0, 0.05) is 47.8 Å². The molecule has 0 bridgehead atoms. The second kappa shape index (κ2) is 17.9. The van der Waals surface area contributed by atoms with Gasteiger partial charge in [-0.25, -0.2) is 9.97 Å². The first-order valence-electron chi connectivity index (χ1n) is 20.9. The van der Waals surface area contributed by atoms with Gasteiger partial charge in [0.1, 0.15) is 0 Å². The lowest BCUT2D eigenvalue weighted by Crippen LogP contribution is -1.99. The number of benzene rings is 8. The maximum atomic E-state index is 5.12. The summed E-state index contributed by atoms with van der Waals surface area (Å²) in [6.45, 7) is 9.54. The number of hydrogen-bond donors (Lipinski definition) is 0. The fraction of sp³-hybridized carbons (Fsp3) is 0.0714. The van der Waals surface area contributed by atoms with Gasteiger partial charge >= 0.3 is 0 Å². The minimum Gasteiger partial charge on any atom is -0.308 e. The van der Waals surface area contributed by atoms with Crippen molar-refractivity contribution < 1.29 is 0 Å². The van der Waals surface area contributed by atoms with Crippen LogP contribution >= 0.6 is 23.5 Å². The Bertz CT molecular complexity index is 3110. The third-order valence-electron chi connectivity index (χ3n) is 10.7. The number of para-hydroxylation sites is 1. The van der Waals surface area contributed by atoms with Crippen LogP contribution in [0.2, 0.25) is 0 Å². The van der Waals surface area contributed by atoms with Crippen molar-refractivity contribution in [2.75, 3.05) is 0 Å². The lowest BCUT2D eigenvalue weighted by atomic mass is 10.00. The SMILES string of the molecule is C=CCC.CC.c1ccc(-c2cc(-c3cccc(-c4cccc(-n5c6ccccc6c6c7ccccc7c7c(c65)Sc5ccccc5S7)c4)c3)nc(-c3ccccc3)n2)cc1. The summed E-state index contributed by atoms with van der Waals surface area (Å²) in [6, 6.07) is 67.0. The van der Waals surface area contributed by atoms with Crippen molar-refractivity contribution in [2.24, 2.45) is 0 Å². The van der Waals surface area contributed by atoms with E-state index in [0.29, 0.717) is 5.82 Å². The highest BCUT2D eigenvalue weighted by Gasteiger charge is 2.27. The van der Waals surface area contributed by atoms with Gasteiger partial charge in [-0.2, -0.15) is 0 Å². The van der Waals surface area contributed by atoms with E-state index in [1.807, 2.05) is 67.7 Å². The van der Waals surface area contributed by atoms with Crippen molar-refractivity contribution >= 4 is 56.1 Å². The zero-order valence-corrected chi connectivity index (χ0v) is 36.2. The molecular formula is C56H45N3S2.